The molecule has 28 heavy (non-hydrogen) atoms. The van der Waals surface area contributed by atoms with Crippen LogP contribution in [0.1, 0.15) is 17.5 Å². The SMILES string of the molecule is COc1cc(CC(=O)NC2CCN(Cc3ccccc3)C2)cc(OC)c1OC. The number of amides is 1. The first-order valence-corrected chi connectivity index (χ1v) is 9.47. The van der Waals surface area contributed by atoms with E-state index in [1.807, 2.05) is 18.2 Å². The molecule has 0 aromatic heterocycles. The molecule has 2 aromatic carbocycles. The molecule has 150 valence electrons. The molecule has 1 heterocycles. The van der Waals surface area contributed by atoms with Crippen LogP contribution in [0.3, 0.4) is 0 Å². The van der Waals surface area contributed by atoms with Gasteiger partial charge in [-0.1, -0.05) is 30.3 Å². The van der Waals surface area contributed by atoms with E-state index in [9.17, 15) is 4.79 Å². The lowest BCUT2D eigenvalue weighted by molar-refractivity contribution is -0.121. The van der Waals surface area contributed by atoms with E-state index in [4.69, 9.17) is 14.2 Å². The lowest BCUT2D eigenvalue weighted by atomic mass is 10.1. The van der Waals surface area contributed by atoms with Crippen molar-refractivity contribution in [2.24, 2.45) is 0 Å². The Morgan fingerprint density at radius 2 is 1.71 bits per heavy atom. The van der Waals surface area contributed by atoms with Gasteiger partial charge in [-0.25, -0.2) is 0 Å². The fraction of sp³-hybridized carbons (Fsp3) is 0.409. The van der Waals surface area contributed by atoms with Crippen molar-refractivity contribution in [2.75, 3.05) is 34.4 Å². The lowest BCUT2D eigenvalue weighted by Gasteiger charge is -2.17. The van der Waals surface area contributed by atoms with Crippen molar-refractivity contribution < 1.29 is 19.0 Å². The molecule has 1 saturated heterocycles. The third-order valence-electron chi connectivity index (χ3n) is 4.98. The lowest BCUT2D eigenvalue weighted by Crippen LogP contribution is -2.37. The summed E-state index contributed by atoms with van der Waals surface area (Å²) in [7, 11) is 4.70. The minimum absolute atomic E-state index is 0.000772. The number of benzene rings is 2. The summed E-state index contributed by atoms with van der Waals surface area (Å²) >= 11 is 0. The van der Waals surface area contributed by atoms with Gasteiger partial charge in [0.1, 0.15) is 0 Å². The Labute approximate surface area is 166 Å². The number of likely N-dealkylation sites (tertiary alicyclic amines) is 1. The number of nitrogens with zero attached hydrogens (tertiary/aromatic N) is 1. The molecule has 2 aromatic rings. The van der Waals surface area contributed by atoms with Gasteiger partial charge >= 0.3 is 0 Å². The fourth-order valence-electron chi connectivity index (χ4n) is 3.64. The van der Waals surface area contributed by atoms with Crippen LogP contribution in [-0.4, -0.2) is 51.3 Å². The van der Waals surface area contributed by atoms with E-state index in [-0.39, 0.29) is 18.4 Å². The summed E-state index contributed by atoms with van der Waals surface area (Å²) in [5.74, 6) is 1.64. The highest BCUT2D eigenvalue weighted by molar-refractivity contribution is 5.79. The van der Waals surface area contributed by atoms with E-state index in [1.54, 1.807) is 21.3 Å². The number of ether oxygens (including phenoxy) is 3. The van der Waals surface area contributed by atoms with Crippen LogP contribution in [0.5, 0.6) is 17.2 Å². The number of carbonyl (C=O) groups excluding carboxylic acids is 1. The monoisotopic (exact) mass is 384 g/mol. The maximum absolute atomic E-state index is 12.5. The van der Waals surface area contributed by atoms with E-state index >= 15 is 0 Å². The number of methoxy groups -OCH3 is 3. The second-order valence-electron chi connectivity index (χ2n) is 6.98. The number of hydrogen-bond donors (Lipinski definition) is 1. The van der Waals surface area contributed by atoms with E-state index in [0.717, 1.165) is 31.6 Å². The van der Waals surface area contributed by atoms with Crippen molar-refractivity contribution in [1.82, 2.24) is 10.2 Å². The molecule has 1 N–H and O–H groups in total. The summed E-state index contributed by atoms with van der Waals surface area (Å²) in [5, 5.41) is 3.15. The average Bonchev–Trinajstić information content (AvgIpc) is 3.14. The van der Waals surface area contributed by atoms with Crippen molar-refractivity contribution >= 4 is 5.91 Å². The van der Waals surface area contributed by atoms with Crippen LogP contribution >= 0.6 is 0 Å². The van der Waals surface area contributed by atoms with Gasteiger partial charge in [0.2, 0.25) is 11.7 Å². The molecule has 1 amide bonds. The molecule has 0 spiro atoms. The Morgan fingerprint density at radius 3 is 2.32 bits per heavy atom. The van der Waals surface area contributed by atoms with E-state index in [0.29, 0.717) is 17.2 Å². The molecule has 1 aliphatic rings. The van der Waals surface area contributed by atoms with Gasteiger partial charge < -0.3 is 19.5 Å². The summed E-state index contributed by atoms with van der Waals surface area (Å²) in [4.78, 5) is 14.9. The zero-order chi connectivity index (χ0) is 19.9. The zero-order valence-electron chi connectivity index (χ0n) is 16.7. The molecular formula is C22H28N2O4. The van der Waals surface area contributed by atoms with Gasteiger partial charge in [0.25, 0.3) is 0 Å². The van der Waals surface area contributed by atoms with E-state index in [2.05, 4.69) is 34.5 Å². The Kier molecular flexibility index (Phi) is 6.76. The minimum Gasteiger partial charge on any atom is -0.493 e. The third kappa shape index (κ3) is 4.95. The highest BCUT2D eigenvalue weighted by Gasteiger charge is 2.24. The van der Waals surface area contributed by atoms with Crippen molar-refractivity contribution in [1.29, 1.82) is 0 Å². The van der Waals surface area contributed by atoms with Crippen LogP contribution in [-0.2, 0) is 17.8 Å². The molecule has 6 heteroatoms. The van der Waals surface area contributed by atoms with Gasteiger partial charge in [0.05, 0.1) is 27.8 Å². The highest BCUT2D eigenvalue weighted by atomic mass is 16.5. The first kappa shape index (κ1) is 20.0. The van der Waals surface area contributed by atoms with Gasteiger partial charge in [0, 0.05) is 25.7 Å². The minimum atomic E-state index is 0.000772. The average molecular weight is 384 g/mol. The van der Waals surface area contributed by atoms with Crippen molar-refractivity contribution in [3.63, 3.8) is 0 Å². The number of hydrogen-bond acceptors (Lipinski definition) is 5. The molecule has 1 fully saturated rings. The maximum Gasteiger partial charge on any atom is 0.224 e. The fourth-order valence-corrected chi connectivity index (χ4v) is 3.64. The summed E-state index contributed by atoms with van der Waals surface area (Å²) in [5.41, 5.74) is 2.12. The molecule has 0 radical (unpaired) electrons. The van der Waals surface area contributed by atoms with Gasteiger partial charge in [0.15, 0.2) is 11.5 Å². The molecule has 1 unspecified atom stereocenters. The molecule has 6 nitrogen and oxygen atoms in total. The van der Waals surface area contributed by atoms with Crippen molar-refractivity contribution in [3.05, 3.63) is 53.6 Å². The first-order chi connectivity index (χ1) is 13.6. The Morgan fingerprint density at radius 1 is 1.04 bits per heavy atom. The summed E-state index contributed by atoms with van der Waals surface area (Å²) in [6.07, 6.45) is 1.24. The smallest absolute Gasteiger partial charge is 0.224 e. The largest absolute Gasteiger partial charge is 0.493 e. The molecule has 3 rings (SSSR count). The van der Waals surface area contributed by atoms with Crippen LogP contribution in [0, 0.1) is 0 Å². The Balaban J connectivity index is 1.56. The molecule has 1 aliphatic heterocycles. The molecular weight excluding hydrogens is 356 g/mol. The maximum atomic E-state index is 12.5. The number of carbonyl (C=O) groups is 1. The van der Waals surface area contributed by atoms with Crippen LogP contribution in [0.2, 0.25) is 0 Å². The van der Waals surface area contributed by atoms with Gasteiger partial charge in [-0.15, -0.1) is 0 Å². The normalized spacial score (nSPS) is 16.6. The van der Waals surface area contributed by atoms with Crippen LogP contribution in [0.25, 0.3) is 0 Å². The second-order valence-corrected chi connectivity index (χ2v) is 6.98. The molecule has 0 bridgehead atoms. The van der Waals surface area contributed by atoms with E-state index in [1.165, 1.54) is 5.56 Å². The molecule has 0 aliphatic carbocycles. The van der Waals surface area contributed by atoms with Crippen molar-refractivity contribution in [3.8, 4) is 17.2 Å². The third-order valence-corrected chi connectivity index (χ3v) is 4.98. The van der Waals surface area contributed by atoms with Gasteiger partial charge in [-0.3, -0.25) is 9.69 Å². The predicted molar refractivity (Wildman–Crippen MR) is 108 cm³/mol. The van der Waals surface area contributed by atoms with Crippen LogP contribution < -0.4 is 19.5 Å². The number of nitrogens with one attached hydrogen (secondary N) is 1. The van der Waals surface area contributed by atoms with Gasteiger partial charge in [-0.05, 0) is 29.7 Å². The quantitative estimate of drug-likeness (QED) is 0.758. The Bertz CT molecular complexity index is 769. The standard InChI is InChI=1S/C22H28N2O4/c1-26-19-11-17(12-20(27-2)22(19)28-3)13-21(25)23-18-9-10-24(15-18)14-16-7-5-4-6-8-16/h4-8,11-12,18H,9-10,13-15H2,1-3H3,(H,23,25). The van der Waals surface area contributed by atoms with E-state index < -0.39 is 0 Å². The van der Waals surface area contributed by atoms with Crippen LogP contribution in [0.15, 0.2) is 42.5 Å². The zero-order valence-corrected chi connectivity index (χ0v) is 16.7. The van der Waals surface area contributed by atoms with Gasteiger partial charge in [-0.2, -0.15) is 0 Å². The van der Waals surface area contributed by atoms with Crippen LogP contribution in [0.4, 0.5) is 0 Å². The highest BCUT2D eigenvalue weighted by Crippen LogP contribution is 2.38. The first-order valence-electron chi connectivity index (χ1n) is 9.47. The van der Waals surface area contributed by atoms with Crippen molar-refractivity contribution in [2.45, 2.75) is 25.4 Å². The Hall–Kier alpha value is -2.73. The molecule has 1 atom stereocenters. The second kappa shape index (κ2) is 9.46. The summed E-state index contributed by atoms with van der Waals surface area (Å²) < 4.78 is 16.1. The predicted octanol–water partition coefficient (Wildman–Crippen LogP) is 2.65. The summed E-state index contributed by atoms with van der Waals surface area (Å²) in [6, 6.07) is 14.2. The topological polar surface area (TPSA) is 60.0 Å². The number of rotatable bonds is 8. The molecule has 0 saturated carbocycles. The summed E-state index contributed by atoms with van der Waals surface area (Å²) in [6.45, 7) is 2.78.